The van der Waals surface area contributed by atoms with Crippen molar-refractivity contribution in [3.8, 4) is 16.9 Å². The Morgan fingerprint density at radius 1 is 1.21 bits per heavy atom. The third-order valence-corrected chi connectivity index (χ3v) is 5.28. The van der Waals surface area contributed by atoms with E-state index in [1.54, 1.807) is 12.1 Å². The van der Waals surface area contributed by atoms with Crippen LogP contribution >= 0.6 is 11.8 Å². The van der Waals surface area contributed by atoms with Gasteiger partial charge in [0.1, 0.15) is 11.6 Å². The first-order valence-corrected chi connectivity index (χ1v) is 8.63. The van der Waals surface area contributed by atoms with Gasteiger partial charge in [-0.3, -0.25) is 4.99 Å². The number of benzene rings is 1. The molecule has 2 N–H and O–H groups in total. The second-order valence-corrected chi connectivity index (χ2v) is 6.96. The lowest BCUT2D eigenvalue weighted by atomic mass is 9.81. The summed E-state index contributed by atoms with van der Waals surface area (Å²) in [4.78, 5) is 8.26. The van der Waals surface area contributed by atoms with Crippen LogP contribution in [0, 0.1) is 11.8 Å². The number of fused-ring (bicyclic) bond motifs is 2. The van der Waals surface area contributed by atoms with Crippen molar-refractivity contribution in [1.82, 2.24) is 4.98 Å². The van der Waals surface area contributed by atoms with Crippen molar-refractivity contribution in [2.24, 2.45) is 10.7 Å². The summed E-state index contributed by atoms with van der Waals surface area (Å²) in [5.74, 6) is 0.0439. The summed E-state index contributed by atoms with van der Waals surface area (Å²) in [5.41, 5.74) is 6.45. The van der Waals surface area contributed by atoms with E-state index in [4.69, 9.17) is 10.5 Å². The fourth-order valence-corrected chi connectivity index (χ4v) is 4.18. The van der Waals surface area contributed by atoms with Crippen LogP contribution in [0.3, 0.4) is 0 Å². The van der Waals surface area contributed by atoms with E-state index in [9.17, 15) is 8.78 Å². The highest BCUT2D eigenvalue weighted by Crippen LogP contribution is 2.47. The van der Waals surface area contributed by atoms with Crippen LogP contribution in [0.4, 0.5) is 8.78 Å². The minimum absolute atomic E-state index is 0.126. The van der Waals surface area contributed by atoms with E-state index in [0.29, 0.717) is 23.9 Å². The highest BCUT2D eigenvalue weighted by atomic mass is 32.2. The van der Waals surface area contributed by atoms with E-state index < -0.39 is 17.3 Å². The quantitative estimate of drug-likeness (QED) is 0.803. The zero-order chi connectivity index (χ0) is 16.7. The van der Waals surface area contributed by atoms with Crippen LogP contribution in [0.2, 0.25) is 0 Å². The van der Waals surface area contributed by atoms with Crippen LogP contribution in [-0.2, 0) is 5.54 Å². The first-order chi connectivity index (χ1) is 11.6. The van der Waals surface area contributed by atoms with Crippen molar-refractivity contribution in [3.05, 3.63) is 47.8 Å². The zero-order valence-electron chi connectivity index (χ0n) is 12.8. The van der Waals surface area contributed by atoms with Crippen LogP contribution in [0.25, 0.3) is 11.1 Å². The van der Waals surface area contributed by atoms with E-state index >= 15 is 0 Å². The third-order valence-electron chi connectivity index (χ3n) is 4.48. The van der Waals surface area contributed by atoms with Gasteiger partial charge < -0.3 is 10.5 Å². The minimum Gasteiger partial charge on any atom is -0.493 e. The fraction of sp³-hybridized carbons (Fsp3) is 0.294. The number of hydrogen-bond donors (Lipinski definition) is 1. The summed E-state index contributed by atoms with van der Waals surface area (Å²) in [6.45, 7) is 0.453. The van der Waals surface area contributed by atoms with Gasteiger partial charge in [0.25, 0.3) is 0 Å². The van der Waals surface area contributed by atoms with E-state index in [1.807, 2.05) is 0 Å². The van der Waals surface area contributed by atoms with E-state index in [0.717, 1.165) is 17.7 Å². The third kappa shape index (κ3) is 2.43. The molecule has 4 nitrogen and oxygen atoms in total. The molecule has 0 saturated heterocycles. The molecular formula is C17H15F2N3OS. The highest BCUT2D eigenvalue weighted by Gasteiger charge is 2.40. The summed E-state index contributed by atoms with van der Waals surface area (Å²) in [6, 6.07) is 6.04. The number of nitrogens with two attached hydrogens (primary N) is 1. The lowest BCUT2D eigenvalue weighted by Crippen LogP contribution is -2.36. The molecule has 2 aliphatic heterocycles. The molecule has 1 aromatic carbocycles. The highest BCUT2D eigenvalue weighted by molar-refractivity contribution is 8.13. The van der Waals surface area contributed by atoms with Gasteiger partial charge in [-0.1, -0.05) is 11.8 Å². The number of aliphatic imine (C=N–C) groups is 1. The standard InChI is InChI=1S/C17H15F2N3OS/c18-13-9-14-12(8-11(13)10-2-1-5-21-15(10)19)17(3-6-23-14)4-7-24-16(20)22-17/h1-2,5,8-9H,3-4,6-7H2,(H2,20,22). The summed E-state index contributed by atoms with van der Waals surface area (Å²) >= 11 is 1.51. The van der Waals surface area contributed by atoms with Gasteiger partial charge in [0, 0.05) is 41.1 Å². The van der Waals surface area contributed by atoms with Crippen molar-refractivity contribution in [2.45, 2.75) is 18.4 Å². The molecule has 1 aromatic heterocycles. The largest absolute Gasteiger partial charge is 0.493 e. The summed E-state index contributed by atoms with van der Waals surface area (Å²) in [6.07, 6.45) is 2.79. The summed E-state index contributed by atoms with van der Waals surface area (Å²) < 4.78 is 34.2. The lowest BCUT2D eigenvalue weighted by molar-refractivity contribution is 0.213. The van der Waals surface area contributed by atoms with Gasteiger partial charge in [-0.15, -0.1) is 0 Å². The van der Waals surface area contributed by atoms with Crippen LogP contribution < -0.4 is 10.5 Å². The Hall–Kier alpha value is -2.15. The maximum Gasteiger partial charge on any atom is 0.220 e. The van der Waals surface area contributed by atoms with Gasteiger partial charge in [-0.05, 0) is 24.6 Å². The average Bonchev–Trinajstić information content (AvgIpc) is 2.55. The van der Waals surface area contributed by atoms with E-state index in [-0.39, 0.29) is 11.1 Å². The first-order valence-electron chi connectivity index (χ1n) is 7.65. The molecule has 0 aliphatic carbocycles. The minimum atomic E-state index is -0.704. The Kier molecular flexibility index (Phi) is 3.68. The predicted molar refractivity (Wildman–Crippen MR) is 90.1 cm³/mol. The van der Waals surface area contributed by atoms with Crippen LogP contribution in [-0.4, -0.2) is 22.5 Å². The molecule has 7 heteroatoms. The number of hydrogen-bond acceptors (Lipinski definition) is 5. The summed E-state index contributed by atoms with van der Waals surface area (Å²) in [5, 5.41) is 0.521. The van der Waals surface area contributed by atoms with E-state index in [2.05, 4.69) is 9.98 Å². The molecule has 0 amide bonds. The van der Waals surface area contributed by atoms with Gasteiger partial charge in [-0.2, -0.15) is 4.39 Å². The molecule has 2 aromatic rings. The molecule has 0 saturated carbocycles. The van der Waals surface area contributed by atoms with Crippen LogP contribution in [0.15, 0.2) is 35.5 Å². The molecule has 24 heavy (non-hydrogen) atoms. The van der Waals surface area contributed by atoms with Crippen molar-refractivity contribution >= 4 is 16.9 Å². The first kappa shape index (κ1) is 15.4. The lowest BCUT2D eigenvalue weighted by Gasteiger charge is -2.38. The molecule has 0 fully saturated rings. The molecule has 1 unspecified atom stereocenters. The smallest absolute Gasteiger partial charge is 0.220 e. The summed E-state index contributed by atoms with van der Waals surface area (Å²) in [7, 11) is 0. The molecule has 0 radical (unpaired) electrons. The maximum absolute atomic E-state index is 14.5. The monoisotopic (exact) mass is 347 g/mol. The maximum atomic E-state index is 14.5. The number of halogens is 2. The predicted octanol–water partition coefficient (Wildman–Crippen LogP) is 3.46. The Bertz CT molecular complexity index is 843. The molecular weight excluding hydrogens is 332 g/mol. The molecule has 1 spiro atoms. The van der Waals surface area contributed by atoms with Crippen LogP contribution in [0.1, 0.15) is 18.4 Å². The second-order valence-electron chi connectivity index (χ2n) is 5.85. The van der Waals surface area contributed by atoms with Gasteiger partial charge in [0.15, 0.2) is 5.17 Å². The van der Waals surface area contributed by atoms with Gasteiger partial charge >= 0.3 is 0 Å². The SMILES string of the molecule is NC1=NC2(CCOc3cc(F)c(-c4cccnc4F)cc32)CCS1. The zero-order valence-corrected chi connectivity index (χ0v) is 13.6. The van der Waals surface area contributed by atoms with E-state index in [1.165, 1.54) is 30.1 Å². The molecule has 0 bridgehead atoms. The van der Waals surface area contributed by atoms with Gasteiger partial charge in [0.05, 0.1) is 12.1 Å². The normalized spacial score (nSPS) is 22.7. The Morgan fingerprint density at radius 3 is 2.88 bits per heavy atom. The molecule has 4 rings (SSSR count). The van der Waals surface area contributed by atoms with Crippen molar-refractivity contribution in [3.63, 3.8) is 0 Å². The van der Waals surface area contributed by atoms with Crippen molar-refractivity contribution in [2.75, 3.05) is 12.4 Å². The molecule has 2 aliphatic rings. The Morgan fingerprint density at radius 2 is 2.08 bits per heavy atom. The van der Waals surface area contributed by atoms with Crippen LogP contribution in [0.5, 0.6) is 5.75 Å². The Balaban J connectivity index is 1.92. The number of aromatic nitrogens is 1. The average molecular weight is 347 g/mol. The molecule has 124 valence electrons. The number of amidine groups is 1. The molecule has 1 atom stereocenters. The number of nitrogens with zero attached hydrogens (tertiary/aromatic N) is 2. The number of ether oxygens (including phenoxy) is 1. The topological polar surface area (TPSA) is 60.5 Å². The second kappa shape index (κ2) is 5.73. The fourth-order valence-electron chi connectivity index (χ4n) is 3.30. The number of rotatable bonds is 1. The Labute approximate surface area is 142 Å². The number of pyridine rings is 1. The van der Waals surface area contributed by atoms with Crippen molar-refractivity contribution < 1.29 is 13.5 Å². The van der Waals surface area contributed by atoms with Gasteiger partial charge in [0.2, 0.25) is 5.95 Å². The molecule has 3 heterocycles. The number of thioether (sulfide) groups is 1. The van der Waals surface area contributed by atoms with Crippen molar-refractivity contribution in [1.29, 1.82) is 0 Å². The van der Waals surface area contributed by atoms with Gasteiger partial charge in [-0.25, -0.2) is 9.37 Å².